The van der Waals surface area contributed by atoms with E-state index in [0.29, 0.717) is 23.7 Å². The zero-order valence-electron chi connectivity index (χ0n) is 13.4. The summed E-state index contributed by atoms with van der Waals surface area (Å²) in [6, 6.07) is 10.8. The van der Waals surface area contributed by atoms with Gasteiger partial charge in [-0.2, -0.15) is 0 Å². The van der Waals surface area contributed by atoms with E-state index in [0.717, 1.165) is 16.3 Å². The fourth-order valence-corrected chi connectivity index (χ4v) is 2.79. The third kappa shape index (κ3) is 3.97. The van der Waals surface area contributed by atoms with Gasteiger partial charge in [0.1, 0.15) is 18.2 Å². The van der Waals surface area contributed by atoms with Crippen LogP contribution in [-0.2, 0) is 6.61 Å². The van der Waals surface area contributed by atoms with Gasteiger partial charge in [-0.15, -0.1) is 11.3 Å². The van der Waals surface area contributed by atoms with Gasteiger partial charge in [-0.3, -0.25) is 4.79 Å². The van der Waals surface area contributed by atoms with Crippen molar-refractivity contribution in [1.82, 2.24) is 9.97 Å². The van der Waals surface area contributed by atoms with Gasteiger partial charge in [0, 0.05) is 11.6 Å². The highest BCUT2D eigenvalue weighted by Crippen LogP contribution is 2.21. The van der Waals surface area contributed by atoms with Crippen LogP contribution >= 0.6 is 11.3 Å². The van der Waals surface area contributed by atoms with Crippen LogP contribution in [0.15, 0.2) is 48.0 Å². The number of aryl methyl sites for hydroxylation is 2. The minimum absolute atomic E-state index is 0.252. The van der Waals surface area contributed by atoms with Crippen LogP contribution in [0.2, 0.25) is 0 Å². The molecule has 0 aliphatic rings. The highest BCUT2D eigenvalue weighted by molar-refractivity contribution is 7.09. The first-order chi connectivity index (χ1) is 11.6. The third-order valence-electron chi connectivity index (χ3n) is 3.33. The summed E-state index contributed by atoms with van der Waals surface area (Å²) in [6.07, 6.45) is 1.66. The summed E-state index contributed by atoms with van der Waals surface area (Å²) in [5.41, 5.74) is 2.35. The highest BCUT2D eigenvalue weighted by atomic mass is 32.1. The molecule has 5 nitrogen and oxygen atoms in total. The van der Waals surface area contributed by atoms with Crippen LogP contribution in [0, 0.1) is 13.8 Å². The lowest BCUT2D eigenvalue weighted by Crippen LogP contribution is -2.14. The number of hydrogen-bond donors (Lipinski definition) is 1. The standard InChI is InChI=1S/C18H17N3O2S/c1-12-7-8-19-17(9-12)21-18(22)15-5-3-4-6-16(15)23-10-14-11-24-13(2)20-14/h3-9,11H,10H2,1-2H3,(H,19,21,22). The first kappa shape index (κ1) is 16.1. The Morgan fingerprint density at radius 3 is 2.83 bits per heavy atom. The van der Waals surface area contributed by atoms with Crippen molar-refractivity contribution in [2.75, 3.05) is 5.32 Å². The molecule has 3 rings (SSSR count). The molecule has 2 aromatic heterocycles. The summed E-state index contributed by atoms with van der Waals surface area (Å²) in [7, 11) is 0. The Kier molecular flexibility index (Phi) is 4.86. The number of aromatic nitrogens is 2. The molecular formula is C18H17N3O2S. The molecule has 0 aliphatic heterocycles. The maximum absolute atomic E-state index is 12.5. The van der Waals surface area contributed by atoms with Gasteiger partial charge in [-0.05, 0) is 43.7 Å². The van der Waals surface area contributed by atoms with Gasteiger partial charge in [-0.25, -0.2) is 9.97 Å². The molecule has 0 atom stereocenters. The Bertz CT molecular complexity index is 861. The molecule has 0 aliphatic carbocycles. The number of nitrogens with one attached hydrogen (secondary N) is 1. The van der Waals surface area contributed by atoms with Crippen molar-refractivity contribution >= 4 is 23.1 Å². The molecule has 0 fully saturated rings. The first-order valence-corrected chi connectivity index (χ1v) is 8.36. The van der Waals surface area contributed by atoms with E-state index in [1.807, 2.05) is 37.4 Å². The lowest BCUT2D eigenvalue weighted by molar-refractivity contribution is 0.102. The van der Waals surface area contributed by atoms with Crippen LogP contribution in [0.4, 0.5) is 5.82 Å². The van der Waals surface area contributed by atoms with Crippen molar-refractivity contribution in [2.45, 2.75) is 20.5 Å². The Labute approximate surface area is 144 Å². The van der Waals surface area contributed by atoms with Crippen molar-refractivity contribution in [1.29, 1.82) is 0 Å². The molecule has 2 heterocycles. The number of carbonyl (C=O) groups excluding carboxylic acids is 1. The van der Waals surface area contributed by atoms with Gasteiger partial charge >= 0.3 is 0 Å². The molecule has 0 spiro atoms. The summed E-state index contributed by atoms with van der Waals surface area (Å²) in [5.74, 6) is 0.788. The monoisotopic (exact) mass is 339 g/mol. The molecule has 0 saturated carbocycles. The highest BCUT2D eigenvalue weighted by Gasteiger charge is 2.13. The Balaban J connectivity index is 1.74. The van der Waals surface area contributed by atoms with Gasteiger partial charge in [-0.1, -0.05) is 12.1 Å². The lowest BCUT2D eigenvalue weighted by Gasteiger charge is -2.11. The summed E-state index contributed by atoms with van der Waals surface area (Å²) in [6.45, 7) is 4.23. The number of hydrogen-bond acceptors (Lipinski definition) is 5. The number of thiazole rings is 1. The second-order valence-corrected chi connectivity index (χ2v) is 6.38. The minimum Gasteiger partial charge on any atom is -0.486 e. The number of nitrogens with zero attached hydrogens (tertiary/aromatic N) is 2. The van der Waals surface area contributed by atoms with Crippen LogP contribution in [0.1, 0.15) is 26.6 Å². The smallest absolute Gasteiger partial charge is 0.260 e. The van der Waals surface area contributed by atoms with Crippen LogP contribution in [0.25, 0.3) is 0 Å². The molecule has 0 bridgehead atoms. The van der Waals surface area contributed by atoms with E-state index < -0.39 is 0 Å². The van der Waals surface area contributed by atoms with Crippen molar-refractivity contribution in [2.24, 2.45) is 0 Å². The number of amides is 1. The molecule has 0 unspecified atom stereocenters. The molecule has 1 amide bonds. The van der Waals surface area contributed by atoms with Crippen LogP contribution in [0.3, 0.4) is 0 Å². The Morgan fingerprint density at radius 2 is 2.08 bits per heavy atom. The van der Waals surface area contributed by atoms with Gasteiger partial charge in [0.15, 0.2) is 0 Å². The number of pyridine rings is 1. The van der Waals surface area contributed by atoms with E-state index in [1.165, 1.54) is 0 Å². The van der Waals surface area contributed by atoms with E-state index in [1.54, 1.807) is 35.7 Å². The van der Waals surface area contributed by atoms with Crippen molar-refractivity contribution in [3.8, 4) is 5.75 Å². The Hall–Kier alpha value is -2.73. The summed E-state index contributed by atoms with van der Waals surface area (Å²) >= 11 is 1.57. The van der Waals surface area contributed by atoms with Crippen LogP contribution in [0.5, 0.6) is 5.75 Å². The van der Waals surface area contributed by atoms with E-state index in [2.05, 4.69) is 15.3 Å². The maximum atomic E-state index is 12.5. The first-order valence-electron chi connectivity index (χ1n) is 7.48. The number of ether oxygens (including phenoxy) is 1. The molecule has 0 radical (unpaired) electrons. The summed E-state index contributed by atoms with van der Waals surface area (Å²) < 4.78 is 5.78. The molecule has 1 N–H and O–H groups in total. The molecule has 122 valence electrons. The quantitative estimate of drug-likeness (QED) is 0.763. The van der Waals surface area contributed by atoms with E-state index in [9.17, 15) is 4.79 Å². The predicted molar refractivity (Wildman–Crippen MR) is 94.6 cm³/mol. The Morgan fingerprint density at radius 1 is 1.25 bits per heavy atom. The summed E-state index contributed by atoms with van der Waals surface area (Å²) in [5, 5.41) is 5.74. The average Bonchev–Trinajstić information content (AvgIpc) is 2.99. The third-order valence-corrected chi connectivity index (χ3v) is 4.15. The zero-order chi connectivity index (χ0) is 16.9. The number of benzene rings is 1. The van der Waals surface area contributed by atoms with Crippen molar-refractivity contribution in [3.05, 3.63) is 69.8 Å². The van der Waals surface area contributed by atoms with Crippen LogP contribution < -0.4 is 10.1 Å². The second-order valence-electron chi connectivity index (χ2n) is 5.32. The van der Waals surface area contributed by atoms with Crippen molar-refractivity contribution in [3.63, 3.8) is 0 Å². The fourth-order valence-electron chi connectivity index (χ4n) is 2.19. The number of anilines is 1. The van der Waals surface area contributed by atoms with Crippen molar-refractivity contribution < 1.29 is 9.53 Å². The maximum Gasteiger partial charge on any atom is 0.260 e. The summed E-state index contributed by atoms with van der Waals surface area (Å²) in [4.78, 5) is 21.0. The minimum atomic E-state index is -0.252. The van der Waals surface area contributed by atoms with E-state index >= 15 is 0 Å². The zero-order valence-corrected chi connectivity index (χ0v) is 14.3. The van der Waals surface area contributed by atoms with E-state index in [-0.39, 0.29) is 5.91 Å². The number of rotatable bonds is 5. The normalized spacial score (nSPS) is 10.4. The van der Waals surface area contributed by atoms with Gasteiger partial charge < -0.3 is 10.1 Å². The molecule has 3 aromatic rings. The van der Waals surface area contributed by atoms with Gasteiger partial charge in [0.25, 0.3) is 5.91 Å². The second kappa shape index (κ2) is 7.23. The van der Waals surface area contributed by atoms with Crippen LogP contribution in [-0.4, -0.2) is 15.9 Å². The molecule has 24 heavy (non-hydrogen) atoms. The van der Waals surface area contributed by atoms with Gasteiger partial charge in [0.05, 0.1) is 16.3 Å². The van der Waals surface area contributed by atoms with Gasteiger partial charge in [0.2, 0.25) is 0 Å². The van der Waals surface area contributed by atoms with E-state index in [4.69, 9.17) is 4.74 Å². The largest absolute Gasteiger partial charge is 0.486 e. The number of para-hydroxylation sites is 1. The molecular weight excluding hydrogens is 322 g/mol. The average molecular weight is 339 g/mol. The lowest BCUT2D eigenvalue weighted by atomic mass is 10.2. The fraction of sp³-hybridized carbons (Fsp3) is 0.167. The molecule has 1 aromatic carbocycles. The number of carbonyl (C=O) groups is 1. The molecule has 6 heteroatoms. The topological polar surface area (TPSA) is 64.1 Å². The predicted octanol–water partition coefficient (Wildman–Crippen LogP) is 3.99. The molecule has 0 saturated heterocycles. The SMILES string of the molecule is Cc1ccnc(NC(=O)c2ccccc2OCc2csc(C)n2)c1.